The zero-order chi connectivity index (χ0) is 12.3. The molecule has 92 valence electrons. The second-order valence-corrected chi connectivity index (χ2v) is 4.70. The lowest BCUT2D eigenvalue weighted by Gasteiger charge is -2.19. The van der Waals surface area contributed by atoms with E-state index in [-0.39, 0.29) is 29.8 Å². The molecule has 5 heteroatoms. The summed E-state index contributed by atoms with van der Waals surface area (Å²) in [7, 11) is 0. The molecular formula is C11H20N2O3. The van der Waals surface area contributed by atoms with Crippen molar-refractivity contribution in [3.05, 3.63) is 0 Å². The van der Waals surface area contributed by atoms with Gasteiger partial charge < -0.3 is 16.2 Å². The molecule has 0 aromatic carbocycles. The van der Waals surface area contributed by atoms with E-state index in [0.29, 0.717) is 12.8 Å². The van der Waals surface area contributed by atoms with E-state index in [1.54, 1.807) is 13.8 Å². The van der Waals surface area contributed by atoms with Crippen molar-refractivity contribution in [1.29, 1.82) is 0 Å². The molecule has 0 radical (unpaired) electrons. The third kappa shape index (κ3) is 3.20. The quantitative estimate of drug-likeness (QED) is 0.647. The Labute approximate surface area is 95.4 Å². The van der Waals surface area contributed by atoms with Gasteiger partial charge in [0.15, 0.2) is 0 Å². The summed E-state index contributed by atoms with van der Waals surface area (Å²) in [4.78, 5) is 22.4. The van der Waals surface area contributed by atoms with Crippen molar-refractivity contribution in [3.8, 4) is 0 Å². The number of hydrogen-bond acceptors (Lipinski definition) is 3. The SMILES string of the molecule is CC(N)C(C)C(=O)NC1CCC(C(=O)O)C1. The summed E-state index contributed by atoms with van der Waals surface area (Å²) in [6.45, 7) is 3.57. The van der Waals surface area contributed by atoms with Crippen LogP contribution >= 0.6 is 0 Å². The zero-order valence-electron chi connectivity index (χ0n) is 9.77. The molecule has 0 spiro atoms. The molecule has 1 amide bonds. The molecule has 4 unspecified atom stereocenters. The van der Waals surface area contributed by atoms with Crippen molar-refractivity contribution in [2.24, 2.45) is 17.6 Å². The summed E-state index contributed by atoms with van der Waals surface area (Å²) in [5, 5.41) is 11.7. The van der Waals surface area contributed by atoms with Crippen molar-refractivity contribution in [2.45, 2.75) is 45.2 Å². The molecule has 1 aliphatic carbocycles. The summed E-state index contributed by atoms with van der Waals surface area (Å²) in [6, 6.07) is -0.188. The van der Waals surface area contributed by atoms with Crippen LogP contribution in [0, 0.1) is 11.8 Å². The fraction of sp³-hybridized carbons (Fsp3) is 0.818. The van der Waals surface area contributed by atoms with E-state index in [2.05, 4.69) is 5.32 Å². The molecule has 0 aromatic heterocycles. The summed E-state index contributed by atoms with van der Waals surface area (Å²) < 4.78 is 0. The predicted octanol–water partition coefficient (Wildman–Crippen LogP) is 0.339. The zero-order valence-corrected chi connectivity index (χ0v) is 9.77. The number of aliphatic carboxylic acids is 1. The fourth-order valence-corrected chi connectivity index (χ4v) is 1.91. The molecule has 16 heavy (non-hydrogen) atoms. The average molecular weight is 228 g/mol. The van der Waals surface area contributed by atoms with E-state index in [1.807, 2.05) is 0 Å². The van der Waals surface area contributed by atoms with Gasteiger partial charge in [-0.05, 0) is 26.2 Å². The summed E-state index contributed by atoms with van der Waals surface area (Å²) in [6.07, 6.45) is 1.92. The first-order valence-electron chi connectivity index (χ1n) is 5.70. The second kappa shape index (κ2) is 5.30. The molecule has 0 heterocycles. The number of amides is 1. The third-order valence-corrected chi connectivity index (χ3v) is 3.33. The molecule has 0 bridgehead atoms. The number of carboxylic acids is 1. The molecular weight excluding hydrogens is 208 g/mol. The first kappa shape index (κ1) is 13.0. The van der Waals surface area contributed by atoms with Gasteiger partial charge in [0.25, 0.3) is 0 Å². The minimum absolute atomic E-state index is 0.00481. The van der Waals surface area contributed by atoms with Gasteiger partial charge in [0.1, 0.15) is 0 Å². The van der Waals surface area contributed by atoms with E-state index < -0.39 is 5.97 Å². The fourth-order valence-electron chi connectivity index (χ4n) is 1.91. The minimum atomic E-state index is -0.767. The van der Waals surface area contributed by atoms with Gasteiger partial charge in [-0.3, -0.25) is 9.59 Å². The number of nitrogens with two attached hydrogens (primary N) is 1. The number of carboxylic acid groups (broad SMARTS) is 1. The van der Waals surface area contributed by atoms with Crippen molar-refractivity contribution in [2.75, 3.05) is 0 Å². The van der Waals surface area contributed by atoms with Crippen LogP contribution in [-0.4, -0.2) is 29.1 Å². The average Bonchev–Trinajstić information content (AvgIpc) is 2.64. The van der Waals surface area contributed by atoms with Gasteiger partial charge in [0.2, 0.25) is 5.91 Å². The van der Waals surface area contributed by atoms with Crippen LogP contribution in [0.3, 0.4) is 0 Å². The Kier molecular flexibility index (Phi) is 4.29. The smallest absolute Gasteiger partial charge is 0.306 e. The normalized spacial score (nSPS) is 28.4. The van der Waals surface area contributed by atoms with E-state index in [1.165, 1.54) is 0 Å². The number of carbonyl (C=O) groups is 2. The Morgan fingerprint density at radius 3 is 2.44 bits per heavy atom. The maximum atomic E-state index is 11.7. The van der Waals surface area contributed by atoms with Crippen molar-refractivity contribution >= 4 is 11.9 Å². The lowest BCUT2D eigenvalue weighted by molar-refractivity contribution is -0.141. The summed E-state index contributed by atoms with van der Waals surface area (Å²) in [5.74, 6) is -1.39. The van der Waals surface area contributed by atoms with Gasteiger partial charge in [-0.1, -0.05) is 6.92 Å². The van der Waals surface area contributed by atoms with Crippen molar-refractivity contribution < 1.29 is 14.7 Å². The lowest BCUT2D eigenvalue weighted by atomic mass is 10.0. The van der Waals surface area contributed by atoms with Crippen LogP contribution in [-0.2, 0) is 9.59 Å². The van der Waals surface area contributed by atoms with Crippen molar-refractivity contribution in [1.82, 2.24) is 5.32 Å². The standard InChI is InChI=1S/C11H20N2O3/c1-6(7(2)12)10(14)13-9-4-3-8(5-9)11(15)16/h6-9H,3-5,12H2,1-2H3,(H,13,14)(H,15,16). The minimum Gasteiger partial charge on any atom is -0.481 e. The topological polar surface area (TPSA) is 92.4 Å². The van der Waals surface area contributed by atoms with Crippen molar-refractivity contribution in [3.63, 3.8) is 0 Å². The molecule has 0 aliphatic heterocycles. The van der Waals surface area contributed by atoms with Crippen LogP contribution in [0.1, 0.15) is 33.1 Å². The van der Waals surface area contributed by atoms with Crippen LogP contribution in [0.5, 0.6) is 0 Å². The first-order chi connectivity index (χ1) is 7.41. The Morgan fingerprint density at radius 2 is 2.00 bits per heavy atom. The van der Waals surface area contributed by atoms with E-state index in [4.69, 9.17) is 10.8 Å². The number of hydrogen-bond donors (Lipinski definition) is 3. The van der Waals surface area contributed by atoms with Gasteiger partial charge in [0, 0.05) is 18.0 Å². The largest absolute Gasteiger partial charge is 0.481 e. The number of nitrogens with one attached hydrogen (secondary N) is 1. The van der Waals surface area contributed by atoms with Gasteiger partial charge in [-0.15, -0.1) is 0 Å². The molecule has 1 aliphatic rings. The molecule has 1 saturated carbocycles. The molecule has 1 rings (SSSR count). The molecule has 4 N–H and O–H groups in total. The maximum Gasteiger partial charge on any atom is 0.306 e. The molecule has 5 nitrogen and oxygen atoms in total. The summed E-state index contributed by atoms with van der Waals surface area (Å²) in [5.41, 5.74) is 5.63. The highest BCUT2D eigenvalue weighted by Gasteiger charge is 2.31. The monoisotopic (exact) mass is 228 g/mol. The highest BCUT2D eigenvalue weighted by Crippen LogP contribution is 2.25. The lowest BCUT2D eigenvalue weighted by Crippen LogP contribution is -2.42. The van der Waals surface area contributed by atoms with Crippen LogP contribution < -0.4 is 11.1 Å². The van der Waals surface area contributed by atoms with Gasteiger partial charge in [-0.25, -0.2) is 0 Å². The Balaban J connectivity index is 2.40. The highest BCUT2D eigenvalue weighted by molar-refractivity contribution is 5.79. The van der Waals surface area contributed by atoms with Crippen LogP contribution in [0.15, 0.2) is 0 Å². The molecule has 0 saturated heterocycles. The van der Waals surface area contributed by atoms with Crippen LogP contribution in [0.4, 0.5) is 0 Å². The Bertz CT molecular complexity index is 278. The molecule has 4 atom stereocenters. The molecule has 0 aromatic rings. The van der Waals surface area contributed by atoms with Crippen LogP contribution in [0.25, 0.3) is 0 Å². The van der Waals surface area contributed by atoms with E-state index in [0.717, 1.165) is 6.42 Å². The summed E-state index contributed by atoms with van der Waals surface area (Å²) >= 11 is 0. The third-order valence-electron chi connectivity index (χ3n) is 3.33. The second-order valence-electron chi connectivity index (χ2n) is 4.70. The van der Waals surface area contributed by atoms with Gasteiger partial charge >= 0.3 is 5.97 Å². The number of rotatable bonds is 4. The highest BCUT2D eigenvalue weighted by atomic mass is 16.4. The van der Waals surface area contributed by atoms with Crippen LogP contribution in [0.2, 0.25) is 0 Å². The predicted molar refractivity (Wildman–Crippen MR) is 59.7 cm³/mol. The van der Waals surface area contributed by atoms with Gasteiger partial charge in [0.05, 0.1) is 5.92 Å². The Morgan fingerprint density at radius 1 is 1.38 bits per heavy atom. The van der Waals surface area contributed by atoms with E-state index >= 15 is 0 Å². The first-order valence-corrected chi connectivity index (χ1v) is 5.70. The van der Waals surface area contributed by atoms with Gasteiger partial charge in [-0.2, -0.15) is 0 Å². The molecule has 1 fully saturated rings. The van der Waals surface area contributed by atoms with E-state index in [9.17, 15) is 9.59 Å². The maximum absolute atomic E-state index is 11.7. The Hall–Kier alpha value is -1.10. The number of carbonyl (C=O) groups excluding carboxylic acids is 1.